The van der Waals surface area contributed by atoms with Gasteiger partial charge in [-0.2, -0.15) is 0 Å². The first-order chi connectivity index (χ1) is 10.9. The van der Waals surface area contributed by atoms with Crippen molar-refractivity contribution >= 4 is 11.2 Å². The molecule has 0 aromatic carbocycles. The van der Waals surface area contributed by atoms with Crippen molar-refractivity contribution in [3.63, 3.8) is 0 Å². The third-order valence-corrected chi connectivity index (χ3v) is 4.40. The van der Waals surface area contributed by atoms with E-state index in [0.29, 0.717) is 6.04 Å². The third-order valence-electron chi connectivity index (χ3n) is 4.40. The third kappa shape index (κ3) is 2.18. The van der Waals surface area contributed by atoms with Crippen LogP contribution in [0.3, 0.4) is 0 Å². The largest absolute Gasteiger partial charge is 0.303 e. The number of pyridine rings is 2. The lowest BCUT2D eigenvalue weighted by molar-refractivity contribution is 0.343. The summed E-state index contributed by atoms with van der Waals surface area (Å²) in [5.74, 6) is 0.928. The molecule has 1 aliphatic rings. The van der Waals surface area contributed by atoms with Gasteiger partial charge in [0.05, 0.1) is 6.04 Å². The number of aromatic nitrogens is 4. The fraction of sp³-hybridized carbons (Fsp3) is 0.353. The molecule has 5 heteroatoms. The Morgan fingerprint density at radius 2 is 2.05 bits per heavy atom. The van der Waals surface area contributed by atoms with Gasteiger partial charge in [0.15, 0.2) is 11.5 Å². The van der Waals surface area contributed by atoms with Gasteiger partial charge in [0.1, 0.15) is 11.2 Å². The fourth-order valence-electron chi connectivity index (χ4n) is 3.26. The Hall–Kier alpha value is -2.27. The van der Waals surface area contributed by atoms with Crippen LogP contribution in [0.2, 0.25) is 0 Å². The van der Waals surface area contributed by atoms with Crippen LogP contribution in [0, 0.1) is 0 Å². The second-order valence-corrected chi connectivity index (χ2v) is 5.70. The first-order valence-electron chi connectivity index (χ1n) is 7.83. The zero-order valence-corrected chi connectivity index (χ0v) is 12.7. The standard InChI is InChI=1S/C17H19N5/c1-2-21-11-8-13(12-21)22-16-15(7-5-10-19-16)20-17(22)14-6-3-4-9-18-14/h3-7,9-10,13H,2,8,11-12H2,1H3. The molecule has 112 valence electrons. The lowest BCUT2D eigenvalue weighted by Gasteiger charge is -2.17. The molecule has 4 rings (SSSR count). The number of hydrogen-bond acceptors (Lipinski definition) is 4. The summed E-state index contributed by atoms with van der Waals surface area (Å²) in [6, 6.07) is 10.3. The molecule has 0 N–H and O–H groups in total. The monoisotopic (exact) mass is 293 g/mol. The summed E-state index contributed by atoms with van der Waals surface area (Å²) in [5.41, 5.74) is 2.82. The lowest BCUT2D eigenvalue weighted by atomic mass is 10.2. The molecular weight excluding hydrogens is 274 g/mol. The molecule has 1 fully saturated rings. The molecule has 3 aromatic rings. The maximum absolute atomic E-state index is 4.80. The number of imidazole rings is 1. The van der Waals surface area contributed by atoms with Gasteiger partial charge in [-0.3, -0.25) is 4.98 Å². The number of rotatable bonds is 3. The van der Waals surface area contributed by atoms with E-state index in [1.807, 2.05) is 42.7 Å². The van der Waals surface area contributed by atoms with E-state index in [1.54, 1.807) is 0 Å². The topological polar surface area (TPSA) is 46.8 Å². The van der Waals surface area contributed by atoms with Crippen molar-refractivity contribution in [2.75, 3.05) is 19.6 Å². The number of nitrogens with zero attached hydrogens (tertiary/aromatic N) is 5. The number of fused-ring (bicyclic) bond motifs is 1. The lowest BCUT2D eigenvalue weighted by Crippen LogP contribution is -2.21. The molecule has 1 atom stereocenters. The predicted octanol–water partition coefficient (Wildman–Crippen LogP) is 2.76. The van der Waals surface area contributed by atoms with Crippen LogP contribution >= 0.6 is 0 Å². The molecule has 0 amide bonds. The van der Waals surface area contributed by atoms with Gasteiger partial charge >= 0.3 is 0 Å². The van der Waals surface area contributed by atoms with Gasteiger partial charge in [0.25, 0.3) is 0 Å². The molecule has 0 spiro atoms. The Bertz CT molecular complexity index is 780. The van der Waals surface area contributed by atoms with Gasteiger partial charge in [0, 0.05) is 25.5 Å². The minimum absolute atomic E-state index is 0.414. The van der Waals surface area contributed by atoms with Crippen molar-refractivity contribution in [1.82, 2.24) is 24.4 Å². The van der Waals surface area contributed by atoms with E-state index in [-0.39, 0.29) is 0 Å². The van der Waals surface area contributed by atoms with Crippen LogP contribution in [0.1, 0.15) is 19.4 Å². The quantitative estimate of drug-likeness (QED) is 0.745. The molecular formula is C17H19N5. The van der Waals surface area contributed by atoms with Gasteiger partial charge in [-0.1, -0.05) is 13.0 Å². The highest BCUT2D eigenvalue weighted by molar-refractivity contribution is 5.76. The molecule has 1 saturated heterocycles. The average molecular weight is 293 g/mol. The van der Waals surface area contributed by atoms with Crippen LogP contribution in [0.4, 0.5) is 0 Å². The van der Waals surface area contributed by atoms with E-state index >= 15 is 0 Å². The summed E-state index contributed by atoms with van der Waals surface area (Å²) < 4.78 is 2.29. The second-order valence-electron chi connectivity index (χ2n) is 5.70. The van der Waals surface area contributed by atoms with Crippen LogP contribution in [0.25, 0.3) is 22.7 Å². The van der Waals surface area contributed by atoms with Crippen molar-refractivity contribution in [3.05, 3.63) is 42.7 Å². The zero-order valence-electron chi connectivity index (χ0n) is 12.7. The zero-order chi connectivity index (χ0) is 14.9. The Morgan fingerprint density at radius 3 is 2.82 bits per heavy atom. The molecule has 22 heavy (non-hydrogen) atoms. The molecule has 4 heterocycles. The van der Waals surface area contributed by atoms with Crippen molar-refractivity contribution in [3.8, 4) is 11.5 Å². The van der Waals surface area contributed by atoms with Gasteiger partial charge in [-0.25, -0.2) is 9.97 Å². The smallest absolute Gasteiger partial charge is 0.161 e. The molecule has 1 unspecified atom stereocenters. The molecule has 1 aliphatic heterocycles. The number of likely N-dealkylation sites (tertiary alicyclic amines) is 1. The normalized spacial score (nSPS) is 19.0. The summed E-state index contributed by atoms with van der Waals surface area (Å²) in [4.78, 5) is 16.3. The molecule has 5 nitrogen and oxygen atoms in total. The first-order valence-corrected chi connectivity index (χ1v) is 7.83. The SMILES string of the molecule is CCN1CCC(n2c(-c3ccccn3)nc3cccnc32)C1. The van der Waals surface area contributed by atoms with Gasteiger partial charge in [-0.05, 0) is 37.2 Å². The van der Waals surface area contributed by atoms with Crippen molar-refractivity contribution < 1.29 is 0 Å². The molecule has 0 bridgehead atoms. The highest BCUT2D eigenvalue weighted by Gasteiger charge is 2.27. The molecule has 0 aliphatic carbocycles. The minimum atomic E-state index is 0.414. The van der Waals surface area contributed by atoms with E-state index in [2.05, 4.69) is 26.4 Å². The highest BCUT2D eigenvalue weighted by atomic mass is 15.2. The van der Waals surface area contributed by atoms with E-state index < -0.39 is 0 Å². The van der Waals surface area contributed by atoms with Crippen LogP contribution in [0.15, 0.2) is 42.7 Å². The van der Waals surface area contributed by atoms with Crippen molar-refractivity contribution in [2.24, 2.45) is 0 Å². The summed E-state index contributed by atoms with van der Waals surface area (Å²) >= 11 is 0. The summed E-state index contributed by atoms with van der Waals surface area (Å²) in [5, 5.41) is 0. The maximum Gasteiger partial charge on any atom is 0.161 e. The highest BCUT2D eigenvalue weighted by Crippen LogP contribution is 2.30. The van der Waals surface area contributed by atoms with Crippen molar-refractivity contribution in [2.45, 2.75) is 19.4 Å². The van der Waals surface area contributed by atoms with Gasteiger partial charge in [0.2, 0.25) is 0 Å². The number of hydrogen-bond donors (Lipinski definition) is 0. The first kappa shape index (κ1) is 13.4. The Kier molecular flexibility index (Phi) is 3.35. The van der Waals surface area contributed by atoms with E-state index in [0.717, 1.165) is 48.7 Å². The van der Waals surface area contributed by atoms with Crippen LogP contribution in [-0.4, -0.2) is 44.1 Å². The Labute approximate surface area is 129 Å². The van der Waals surface area contributed by atoms with E-state index in [1.165, 1.54) is 0 Å². The van der Waals surface area contributed by atoms with Gasteiger partial charge < -0.3 is 9.47 Å². The minimum Gasteiger partial charge on any atom is -0.303 e. The van der Waals surface area contributed by atoms with Crippen molar-refractivity contribution in [1.29, 1.82) is 0 Å². The Morgan fingerprint density at radius 1 is 1.14 bits per heavy atom. The van der Waals surface area contributed by atoms with E-state index in [9.17, 15) is 0 Å². The second kappa shape index (κ2) is 5.50. The van der Waals surface area contributed by atoms with Crippen LogP contribution < -0.4 is 0 Å². The van der Waals surface area contributed by atoms with E-state index in [4.69, 9.17) is 4.98 Å². The molecule has 0 radical (unpaired) electrons. The maximum atomic E-state index is 4.80. The Balaban J connectivity index is 1.88. The number of likely N-dealkylation sites (N-methyl/N-ethyl adjacent to an activating group) is 1. The summed E-state index contributed by atoms with van der Waals surface area (Å²) in [7, 11) is 0. The summed E-state index contributed by atoms with van der Waals surface area (Å²) in [6.45, 7) is 5.50. The molecule has 0 saturated carbocycles. The van der Waals surface area contributed by atoms with Crippen LogP contribution in [0.5, 0.6) is 0 Å². The fourth-order valence-corrected chi connectivity index (χ4v) is 3.26. The predicted molar refractivity (Wildman–Crippen MR) is 86.5 cm³/mol. The average Bonchev–Trinajstić information content (AvgIpc) is 3.19. The van der Waals surface area contributed by atoms with Gasteiger partial charge in [-0.15, -0.1) is 0 Å². The molecule has 3 aromatic heterocycles. The summed E-state index contributed by atoms with van der Waals surface area (Å²) in [6.07, 6.45) is 4.80. The van der Waals surface area contributed by atoms with Crippen LogP contribution in [-0.2, 0) is 0 Å².